The summed E-state index contributed by atoms with van der Waals surface area (Å²) in [5.74, 6) is 1.07. The zero-order chi connectivity index (χ0) is 24.5. The number of hydrogen-bond acceptors (Lipinski definition) is 4. The second-order valence-corrected chi connectivity index (χ2v) is 9.87. The van der Waals surface area contributed by atoms with Crippen molar-refractivity contribution in [1.82, 2.24) is 15.1 Å². The number of likely N-dealkylation sites (tertiary alicyclic amines) is 1. The van der Waals surface area contributed by atoms with Crippen LogP contribution < -0.4 is 5.32 Å². The van der Waals surface area contributed by atoms with Gasteiger partial charge in [0.05, 0.1) is 6.54 Å². The number of amides is 1. The van der Waals surface area contributed by atoms with Crippen LogP contribution in [-0.2, 0) is 19.6 Å². The van der Waals surface area contributed by atoms with Crippen molar-refractivity contribution in [3.05, 3.63) is 94.9 Å². The van der Waals surface area contributed by atoms with Crippen molar-refractivity contribution in [2.45, 2.75) is 65.2 Å². The van der Waals surface area contributed by atoms with Crippen molar-refractivity contribution < 1.29 is 9.21 Å². The van der Waals surface area contributed by atoms with E-state index in [0.717, 1.165) is 31.8 Å². The van der Waals surface area contributed by atoms with E-state index >= 15 is 0 Å². The zero-order valence-electron chi connectivity index (χ0n) is 21.2. The fourth-order valence-electron chi connectivity index (χ4n) is 4.83. The summed E-state index contributed by atoms with van der Waals surface area (Å²) in [7, 11) is 0. The van der Waals surface area contributed by atoms with Crippen molar-refractivity contribution in [3.63, 3.8) is 0 Å². The topological polar surface area (TPSA) is 48.7 Å². The van der Waals surface area contributed by atoms with Crippen molar-refractivity contribution in [3.8, 4) is 0 Å². The lowest BCUT2D eigenvalue weighted by atomic mass is 10.0. The van der Waals surface area contributed by atoms with Gasteiger partial charge in [-0.3, -0.25) is 9.69 Å². The van der Waals surface area contributed by atoms with E-state index in [9.17, 15) is 4.79 Å². The van der Waals surface area contributed by atoms with Crippen LogP contribution in [0.4, 0.5) is 0 Å². The van der Waals surface area contributed by atoms with Crippen molar-refractivity contribution in [2.24, 2.45) is 0 Å². The predicted molar refractivity (Wildman–Crippen MR) is 141 cm³/mol. The van der Waals surface area contributed by atoms with E-state index in [1.54, 1.807) is 6.07 Å². The molecule has 1 aliphatic heterocycles. The number of aryl methyl sites for hydroxylation is 1. The Bertz CT molecular complexity index is 1040. The Labute approximate surface area is 210 Å². The predicted octanol–water partition coefficient (Wildman–Crippen LogP) is 5.78. The van der Waals surface area contributed by atoms with E-state index in [0.29, 0.717) is 24.9 Å². The number of benzene rings is 2. The van der Waals surface area contributed by atoms with Gasteiger partial charge in [-0.1, -0.05) is 66.6 Å². The van der Waals surface area contributed by atoms with Crippen LogP contribution in [0.3, 0.4) is 0 Å². The van der Waals surface area contributed by atoms with E-state index < -0.39 is 0 Å². The quantitative estimate of drug-likeness (QED) is 0.358. The third-order valence-corrected chi connectivity index (χ3v) is 6.89. The van der Waals surface area contributed by atoms with Crippen LogP contribution in [0.15, 0.2) is 71.1 Å². The lowest BCUT2D eigenvalue weighted by molar-refractivity contribution is 0.0916. The smallest absolute Gasteiger partial charge is 0.286 e. The summed E-state index contributed by atoms with van der Waals surface area (Å²) in [6.45, 7) is 9.57. The Morgan fingerprint density at radius 1 is 0.971 bits per heavy atom. The number of hydrogen-bond donors (Lipinski definition) is 1. The summed E-state index contributed by atoms with van der Waals surface area (Å²) in [6, 6.07) is 23.5. The molecular formula is C30H39N3O2. The summed E-state index contributed by atoms with van der Waals surface area (Å²) in [4.78, 5) is 17.5. The number of carbonyl (C=O) groups excluding carboxylic acids is 1. The Kier molecular flexibility index (Phi) is 9.15. The molecule has 1 aliphatic rings. The molecule has 3 aromatic rings. The zero-order valence-corrected chi connectivity index (χ0v) is 21.2. The molecule has 0 spiro atoms. The minimum absolute atomic E-state index is 0.129. The average molecular weight is 474 g/mol. The van der Waals surface area contributed by atoms with Crippen LogP contribution in [0.2, 0.25) is 0 Å². The van der Waals surface area contributed by atoms with Gasteiger partial charge in [0.2, 0.25) is 0 Å². The molecule has 0 radical (unpaired) electrons. The Balaban J connectivity index is 1.31. The van der Waals surface area contributed by atoms with Crippen molar-refractivity contribution in [1.29, 1.82) is 0 Å². The molecule has 2 aromatic carbocycles. The largest absolute Gasteiger partial charge is 0.455 e. The summed E-state index contributed by atoms with van der Waals surface area (Å²) in [5, 5.41) is 3.03. The fraction of sp³-hybridized carbons (Fsp3) is 0.433. The van der Waals surface area contributed by atoms with Crippen LogP contribution in [0, 0.1) is 6.92 Å². The minimum Gasteiger partial charge on any atom is -0.455 e. The third-order valence-electron chi connectivity index (χ3n) is 6.89. The molecular weight excluding hydrogens is 434 g/mol. The molecule has 4 rings (SSSR count). The van der Waals surface area contributed by atoms with Gasteiger partial charge in [0.1, 0.15) is 5.76 Å². The molecule has 1 N–H and O–H groups in total. The van der Waals surface area contributed by atoms with E-state index in [2.05, 4.69) is 77.5 Å². The van der Waals surface area contributed by atoms with Gasteiger partial charge in [0, 0.05) is 32.2 Å². The highest BCUT2D eigenvalue weighted by Gasteiger charge is 2.18. The van der Waals surface area contributed by atoms with Crippen LogP contribution in [0.1, 0.15) is 65.6 Å². The van der Waals surface area contributed by atoms with Gasteiger partial charge in [-0.25, -0.2) is 0 Å². The van der Waals surface area contributed by atoms with E-state index in [-0.39, 0.29) is 5.91 Å². The Morgan fingerprint density at radius 2 is 1.71 bits per heavy atom. The first-order valence-electron chi connectivity index (χ1n) is 13.0. The number of rotatable bonds is 11. The molecule has 1 aromatic heterocycles. The van der Waals surface area contributed by atoms with E-state index in [1.165, 1.54) is 42.5 Å². The second-order valence-electron chi connectivity index (χ2n) is 9.87. The van der Waals surface area contributed by atoms with Gasteiger partial charge >= 0.3 is 0 Å². The molecule has 0 bridgehead atoms. The highest BCUT2D eigenvalue weighted by Crippen LogP contribution is 2.18. The van der Waals surface area contributed by atoms with Gasteiger partial charge < -0.3 is 14.6 Å². The molecule has 1 atom stereocenters. The maximum Gasteiger partial charge on any atom is 0.286 e. The molecule has 2 heterocycles. The van der Waals surface area contributed by atoms with Gasteiger partial charge in [-0.2, -0.15) is 0 Å². The first-order chi connectivity index (χ1) is 17.1. The molecule has 186 valence electrons. The number of carbonyl (C=O) groups is 1. The molecule has 1 unspecified atom stereocenters. The standard InChI is InChI=1S/C30H39N3O2/c1-24-12-14-27(15-13-24)22-32(21-26-10-4-3-5-11-26)23-28-16-17-29(35-28)30(34)31-18-8-20-33-19-7-6-9-25(33)2/h3-5,10-17,25H,6-9,18-23H2,1-2H3,(H,31,34). The maximum absolute atomic E-state index is 12.6. The third kappa shape index (κ3) is 7.81. The number of nitrogens with zero attached hydrogens (tertiary/aromatic N) is 2. The van der Waals surface area contributed by atoms with Crippen LogP contribution in [0.25, 0.3) is 0 Å². The molecule has 5 nitrogen and oxygen atoms in total. The highest BCUT2D eigenvalue weighted by molar-refractivity contribution is 5.91. The minimum atomic E-state index is -0.129. The Hall–Kier alpha value is -2.89. The van der Waals surface area contributed by atoms with Crippen LogP contribution in [0.5, 0.6) is 0 Å². The highest BCUT2D eigenvalue weighted by atomic mass is 16.4. The van der Waals surface area contributed by atoms with Gasteiger partial charge in [-0.05, 0) is 62.9 Å². The molecule has 1 fully saturated rings. The summed E-state index contributed by atoms with van der Waals surface area (Å²) in [5.41, 5.74) is 3.78. The van der Waals surface area contributed by atoms with E-state index in [4.69, 9.17) is 4.42 Å². The van der Waals surface area contributed by atoms with Crippen molar-refractivity contribution >= 4 is 5.91 Å². The van der Waals surface area contributed by atoms with Gasteiger partial charge in [-0.15, -0.1) is 0 Å². The number of piperidine rings is 1. The average Bonchev–Trinajstić information content (AvgIpc) is 3.33. The lowest BCUT2D eigenvalue weighted by Gasteiger charge is -2.33. The lowest BCUT2D eigenvalue weighted by Crippen LogP contribution is -2.39. The van der Waals surface area contributed by atoms with Crippen LogP contribution in [-0.4, -0.2) is 41.4 Å². The molecule has 0 aliphatic carbocycles. The van der Waals surface area contributed by atoms with Gasteiger partial charge in [0.25, 0.3) is 5.91 Å². The first kappa shape index (κ1) is 25.2. The van der Waals surface area contributed by atoms with Gasteiger partial charge in [0.15, 0.2) is 5.76 Å². The SMILES string of the molecule is Cc1ccc(CN(Cc2ccccc2)Cc2ccc(C(=O)NCCCN3CCCCC3C)o2)cc1. The fourth-order valence-corrected chi connectivity index (χ4v) is 4.83. The monoisotopic (exact) mass is 473 g/mol. The number of furan rings is 1. The normalized spacial score (nSPS) is 16.5. The summed E-state index contributed by atoms with van der Waals surface area (Å²) < 4.78 is 5.97. The molecule has 1 amide bonds. The van der Waals surface area contributed by atoms with E-state index in [1.807, 2.05) is 12.1 Å². The van der Waals surface area contributed by atoms with Crippen LogP contribution >= 0.6 is 0 Å². The number of nitrogens with one attached hydrogen (secondary N) is 1. The second kappa shape index (κ2) is 12.7. The molecule has 35 heavy (non-hydrogen) atoms. The molecule has 1 saturated heterocycles. The summed E-state index contributed by atoms with van der Waals surface area (Å²) >= 11 is 0. The van der Waals surface area contributed by atoms with Crippen molar-refractivity contribution in [2.75, 3.05) is 19.6 Å². The molecule has 0 saturated carbocycles. The Morgan fingerprint density at radius 3 is 2.46 bits per heavy atom. The maximum atomic E-state index is 12.6. The molecule has 5 heteroatoms. The first-order valence-corrected chi connectivity index (χ1v) is 13.0. The summed E-state index contributed by atoms with van der Waals surface area (Å²) in [6.07, 6.45) is 4.87.